The zero-order chi connectivity index (χ0) is 17.9. The number of carbonyl (C=O) groups excluding carboxylic acids is 1. The predicted molar refractivity (Wildman–Crippen MR) is 93.8 cm³/mol. The van der Waals surface area contributed by atoms with Crippen LogP contribution in [0.2, 0.25) is 0 Å². The third kappa shape index (κ3) is 4.39. The van der Waals surface area contributed by atoms with Crippen molar-refractivity contribution in [2.45, 2.75) is 51.2 Å². The molecule has 2 aliphatic rings. The molecule has 1 spiro atoms. The summed E-state index contributed by atoms with van der Waals surface area (Å²) in [7, 11) is 0. The van der Waals surface area contributed by atoms with Crippen LogP contribution in [0.4, 0.5) is 4.39 Å². The molecular weight excluding hydrogens is 321 g/mol. The number of hydrogen-bond donors (Lipinski definition) is 0. The Morgan fingerprint density at radius 3 is 2.88 bits per heavy atom. The Labute approximate surface area is 149 Å². The van der Waals surface area contributed by atoms with Crippen molar-refractivity contribution in [3.05, 3.63) is 35.6 Å². The zero-order valence-electron chi connectivity index (χ0n) is 15.2. The van der Waals surface area contributed by atoms with Gasteiger partial charge in [0, 0.05) is 12.5 Å². The van der Waals surface area contributed by atoms with Gasteiger partial charge in [-0.15, -0.1) is 0 Å². The Kier molecular flexibility index (Phi) is 5.74. The van der Waals surface area contributed by atoms with Crippen molar-refractivity contribution >= 4 is 5.91 Å². The van der Waals surface area contributed by atoms with Crippen molar-refractivity contribution in [1.82, 2.24) is 4.90 Å². The summed E-state index contributed by atoms with van der Waals surface area (Å²) >= 11 is 0. The number of morpholine rings is 1. The molecule has 138 valence electrons. The molecule has 1 aliphatic carbocycles. The molecule has 2 atom stereocenters. The van der Waals surface area contributed by atoms with E-state index in [4.69, 9.17) is 9.47 Å². The highest BCUT2D eigenvalue weighted by molar-refractivity contribution is 5.79. The van der Waals surface area contributed by atoms with Crippen LogP contribution in [0.15, 0.2) is 24.3 Å². The standard InChI is InChI=1S/C20H28FNO3/c1-15(2)24-13-17-4-3-9-20(17)14-22(10-11-25-20)19(23)12-16-5-7-18(21)8-6-16/h5-8,15,17H,3-4,9-14H2,1-2H3/t17-,20+/m0/s1. The highest BCUT2D eigenvalue weighted by Crippen LogP contribution is 2.41. The molecule has 0 bridgehead atoms. The van der Waals surface area contributed by atoms with E-state index in [1.807, 2.05) is 18.7 Å². The summed E-state index contributed by atoms with van der Waals surface area (Å²) in [6.45, 7) is 6.62. The average Bonchev–Trinajstić information content (AvgIpc) is 2.96. The molecule has 2 fully saturated rings. The third-order valence-corrected chi connectivity index (χ3v) is 5.36. The molecule has 1 saturated heterocycles. The van der Waals surface area contributed by atoms with Crippen LogP contribution < -0.4 is 0 Å². The van der Waals surface area contributed by atoms with Crippen molar-refractivity contribution in [2.75, 3.05) is 26.3 Å². The summed E-state index contributed by atoms with van der Waals surface area (Å²) < 4.78 is 25.1. The van der Waals surface area contributed by atoms with E-state index in [0.717, 1.165) is 24.8 Å². The molecule has 25 heavy (non-hydrogen) atoms. The second kappa shape index (κ2) is 7.83. The third-order valence-electron chi connectivity index (χ3n) is 5.36. The van der Waals surface area contributed by atoms with E-state index in [9.17, 15) is 9.18 Å². The molecule has 1 heterocycles. The summed E-state index contributed by atoms with van der Waals surface area (Å²) in [5.41, 5.74) is 0.587. The van der Waals surface area contributed by atoms with Gasteiger partial charge in [0.05, 0.1) is 37.9 Å². The minimum absolute atomic E-state index is 0.0877. The Bertz CT molecular complexity index is 589. The van der Waals surface area contributed by atoms with E-state index < -0.39 is 0 Å². The number of ether oxygens (including phenoxy) is 2. The van der Waals surface area contributed by atoms with Gasteiger partial charge in [-0.05, 0) is 44.4 Å². The van der Waals surface area contributed by atoms with Crippen LogP contribution in [-0.4, -0.2) is 48.8 Å². The van der Waals surface area contributed by atoms with Gasteiger partial charge in [-0.3, -0.25) is 4.79 Å². The quantitative estimate of drug-likeness (QED) is 0.819. The molecule has 0 N–H and O–H groups in total. The predicted octanol–water partition coefficient (Wildman–Crippen LogP) is 3.19. The molecule has 4 nitrogen and oxygen atoms in total. The summed E-state index contributed by atoms with van der Waals surface area (Å²) in [5, 5.41) is 0. The lowest BCUT2D eigenvalue weighted by Gasteiger charge is -2.44. The first-order chi connectivity index (χ1) is 12.0. The van der Waals surface area contributed by atoms with Crippen LogP contribution in [0, 0.1) is 11.7 Å². The second-order valence-corrected chi connectivity index (χ2v) is 7.50. The summed E-state index contributed by atoms with van der Waals surface area (Å²) in [6, 6.07) is 6.16. The highest BCUT2D eigenvalue weighted by atomic mass is 19.1. The second-order valence-electron chi connectivity index (χ2n) is 7.50. The highest BCUT2D eigenvalue weighted by Gasteiger charge is 2.47. The van der Waals surface area contributed by atoms with Crippen LogP contribution >= 0.6 is 0 Å². The summed E-state index contributed by atoms with van der Waals surface area (Å²) in [5.74, 6) is 0.154. The lowest BCUT2D eigenvalue weighted by molar-refractivity contribution is -0.162. The van der Waals surface area contributed by atoms with E-state index in [1.165, 1.54) is 12.1 Å². The summed E-state index contributed by atoms with van der Waals surface area (Å²) in [4.78, 5) is 14.6. The van der Waals surface area contributed by atoms with Crippen LogP contribution in [0.5, 0.6) is 0 Å². The average molecular weight is 349 g/mol. The van der Waals surface area contributed by atoms with Gasteiger partial charge in [0.1, 0.15) is 5.82 Å². The minimum Gasteiger partial charge on any atom is -0.378 e. The fourth-order valence-electron chi connectivity index (χ4n) is 3.97. The molecule has 1 aliphatic heterocycles. The van der Waals surface area contributed by atoms with Gasteiger partial charge in [0.15, 0.2) is 0 Å². The maximum atomic E-state index is 13.0. The lowest BCUT2D eigenvalue weighted by atomic mass is 9.89. The molecule has 1 aromatic rings. The van der Waals surface area contributed by atoms with E-state index in [2.05, 4.69) is 0 Å². The van der Waals surface area contributed by atoms with Crippen LogP contribution in [0.1, 0.15) is 38.7 Å². The smallest absolute Gasteiger partial charge is 0.227 e. The number of carbonyl (C=O) groups is 1. The maximum absolute atomic E-state index is 13.0. The number of rotatable bonds is 5. The van der Waals surface area contributed by atoms with Crippen molar-refractivity contribution in [2.24, 2.45) is 5.92 Å². The van der Waals surface area contributed by atoms with E-state index in [-0.39, 0.29) is 23.4 Å². The van der Waals surface area contributed by atoms with Gasteiger partial charge >= 0.3 is 0 Å². The molecule has 0 unspecified atom stereocenters. The van der Waals surface area contributed by atoms with Crippen LogP contribution in [0.3, 0.4) is 0 Å². The van der Waals surface area contributed by atoms with Crippen molar-refractivity contribution in [1.29, 1.82) is 0 Å². The molecule has 0 aromatic heterocycles. The lowest BCUT2D eigenvalue weighted by Crippen LogP contribution is -2.56. The van der Waals surface area contributed by atoms with Crippen LogP contribution in [0.25, 0.3) is 0 Å². The normalized spacial score (nSPS) is 26.6. The van der Waals surface area contributed by atoms with Gasteiger partial charge in [0.25, 0.3) is 0 Å². The molecule has 1 aromatic carbocycles. The number of benzene rings is 1. The first kappa shape index (κ1) is 18.3. The fraction of sp³-hybridized carbons (Fsp3) is 0.650. The monoisotopic (exact) mass is 349 g/mol. The van der Waals surface area contributed by atoms with E-state index in [0.29, 0.717) is 38.6 Å². The minimum atomic E-state index is -0.277. The SMILES string of the molecule is CC(C)OC[C@@H]1CCC[C@@]12CN(C(=O)Cc1ccc(F)cc1)CCO2. The van der Waals surface area contributed by atoms with Gasteiger partial charge < -0.3 is 14.4 Å². The number of hydrogen-bond acceptors (Lipinski definition) is 3. The van der Waals surface area contributed by atoms with Crippen molar-refractivity contribution in [3.63, 3.8) is 0 Å². The topological polar surface area (TPSA) is 38.8 Å². The Balaban J connectivity index is 1.63. The van der Waals surface area contributed by atoms with E-state index >= 15 is 0 Å². The molecule has 3 rings (SSSR count). The largest absolute Gasteiger partial charge is 0.378 e. The number of halogens is 1. The first-order valence-electron chi connectivity index (χ1n) is 9.26. The van der Waals surface area contributed by atoms with Crippen LogP contribution in [-0.2, 0) is 20.7 Å². The Hall–Kier alpha value is -1.46. The van der Waals surface area contributed by atoms with Crippen molar-refractivity contribution < 1.29 is 18.7 Å². The Morgan fingerprint density at radius 2 is 2.16 bits per heavy atom. The molecule has 5 heteroatoms. The van der Waals surface area contributed by atoms with Gasteiger partial charge in [-0.25, -0.2) is 4.39 Å². The molecule has 1 saturated carbocycles. The number of nitrogens with zero attached hydrogens (tertiary/aromatic N) is 1. The first-order valence-corrected chi connectivity index (χ1v) is 9.26. The molecule has 0 radical (unpaired) electrons. The summed E-state index contributed by atoms with van der Waals surface area (Å²) in [6.07, 6.45) is 3.71. The van der Waals surface area contributed by atoms with E-state index in [1.54, 1.807) is 12.1 Å². The zero-order valence-corrected chi connectivity index (χ0v) is 15.2. The van der Waals surface area contributed by atoms with Gasteiger partial charge in [-0.1, -0.05) is 18.6 Å². The molecule has 1 amide bonds. The van der Waals surface area contributed by atoms with Gasteiger partial charge in [-0.2, -0.15) is 0 Å². The maximum Gasteiger partial charge on any atom is 0.227 e. The van der Waals surface area contributed by atoms with Gasteiger partial charge in [0.2, 0.25) is 5.91 Å². The number of amides is 1. The molecular formula is C20H28FNO3. The fourth-order valence-corrected chi connectivity index (χ4v) is 3.97. The Morgan fingerprint density at radius 1 is 1.40 bits per heavy atom. The van der Waals surface area contributed by atoms with Crippen molar-refractivity contribution in [3.8, 4) is 0 Å².